The molecule has 1 aromatic carbocycles. The second-order valence-corrected chi connectivity index (χ2v) is 5.72. The van der Waals surface area contributed by atoms with Gasteiger partial charge in [-0.25, -0.2) is 8.76 Å². The van der Waals surface area contributed by atoms with Gasteiger partial charge in [-0.1, -0.05) is 18.2 Å². The third-order valence-electron chi connectivity index (χ3n) is 3.09. The molecule has 1 atom stereocenters. The maximum absolute atomic E-state index is 10.8. The Labute approximate surface area is 118 Å². The number of ether oxygens (including phenoxy) is 1. The average molecular weight is 300 g/mol. The highest BCUT2D eigenvalue weighted by atomic mass is 32.3. The van der Waals surface area contributed by atoms with Crippen LogP contribution in [0, 0.1) is 0 Å². The summed E-state index contributed by atoms with van der Waals surface area (Å²) in [5.74, 6) is 0. The molecule has 20 heavy (non-hydrogen) atoms. The van der Waals surface area contributed by atoms with E-state index in [9.17, 15) is 8.42 Å². The second kappa shape index (κ2) is 6.45. The van der Waals surface area contributed by atoms with Crippen LogP contribution in [0.2, 0.25) is 0 Å². The van der Waals surface area contributed by atoms with Gasteiger partial charge in [0.15, 0.2) is 18.9 Å². The van der Waals surface area contributed by atoms with E-state index in [0.29, 0.717) is 6.54 Å². The molecule has 1 heterocycles. The maximum atomic E-state index is 10.8. The summed E-state index contributed by atoms with van der Waals surface area (Å²) in [4.78, 5) is 0. The van der Waals surface area contributed by atoms with E-state index in [4.69, 9.17) is 9.29 Å². The highest BCUT2D eigenvalue weighted by molar-refractivity contribution is 7.80. The predicted molar refractivity (Wildman–Crippen MR) is 73.6 cm³/mol. The summed E-state index contributed by atoms with van der Waals surface area (Å²) in [6.45, 7) is 1.19. The van der Waals surface area contributed by atoms with Gasteiger partial charge in [0.25, 0.3) is 0 Å². The molecule has 0 bridgehead atoms. The molecular weight excluding hydrogens is 282 g/mol. The minimum Gasteiger partial charge on any atom is -0.382 e. The lowest BCUT2D eigenvalue weighted by Gasteiger charge is -2.16. The molecular formula is C13H18NO5S+. The SMILES string of the molecule is COCC(C[N+]1=Cc2ccccc2CC1)OS(=O)(=O)O. The zero-order chi connectivity index (χ0) is 14.6. The van der Waals surface area contributed by atoms with Gasteiger partial charge in [0.05, 0.1) is 6.61 Å². The number of fused-ring (bicyclic) bond motifs is 1. The molecule has 1 aliphatic heterocycles. The first-order valence-corrected chi connectivity index (χ1v) is 7.66. The van der Waals surface area contributed by atoms with Gasteiger partial charge in [-0.15, -0.1) is 0 Å². The lowest BCUT2D eigenvalue weighted by Crippen LogP contribution is -2.35. The zero-order valence-electron chi connectivity index (χ0n) is 11.2. The lowest BCUT2D eigenvalue weighted by atomic mass is 10.0. The summed E-state index contributed by atoms with van der Waals surface area (Å²) < 4.78 is 41.9. The topological polar surface area (TPSA) is 75.8 Å². The molecule has 0 saturated carbocycles. The van der Waals surface area contributed by atoms with Crippen molar-refractivity contribution in [3.05, 3.63) is 35.4 Å². The van der Waals surface area contributed by atoms with Crippen LogP contribution in [0.1, 0.15) is 11.1 Å². The minimum absolute atomic E-state index is 0.0891. The van der Waals surface area contributed by atoms with E-state index in [1.54, 1.807) is 0 Å². The fraction of sp³-hybridized carbons (Fsp3) is 0.462. The van der Waals surface area contributed by atoms with Crippen molar-refractivity contribution in [2.45, 2.75) is 12.5 Å². The van der Waals surface area contributed by atoms with Crippen molar-refractivity contribution in [1.82, 2.24) is 0 Å². The first kappa shape index (κ1) is 15.1. The van der Waals surface area contributed by atoms with E-state index < -0.39 is 16.5 Å². The molecule has 0 saturated heterocycles. The van der Waals surface area contributed by atoms with E-state index in [0.717, 1.165) is 18.5 Å². The van der Waals surface area contributed by atoms with Gasteiger partial charge in [0, 0.05) is 19.1 Å². The first-order chi connectivity index (χ1) is 9.48. The molecule has 2 rings (SSSR count). The van der Waals surface area contributed by atoms with Crippen molar-refractivity contribution in [2.75, 3.05) is 26.8 Å². The van der Waals surface area contributed by atoms with E-state index >= 15 is 0 Å². The highest BCUT2D eigenvalue weighted by Crippen LogP contribution is 2.12. The summed E-state index contributed by atoms with van der Waals surface area (Å²) in [5, 5.41) is 0. The van der Waals surface area contributed by atoms with Crippen molar-refractivity contribution in [2.24, 2.45) is 0 Å². The Hall–Kier alpha value is -1.28. The molecule has 1 unspecified atom stereocenters. The zero-order valence-corrected chi connectivity index (χ0v) is 12.0. The monoisotopic (exact) mass is 300 g/mol. The van der Waals surface area contributed by atoms with Crippen molar-refractivity contribution in [3.8, 4) is 0 Å². The van der Waals surface area contributed by atoms with Gasteiger partial charge < -0.3 is 4.74 Å². The molecule has 1 aromatic rings. The number of hydrogen-bond donors (Lipinski definition) is 1. The summed E-state index contributed by atoms with van der Waals surface area (Å²) in [6, 6.07) is 8.04. The van der Waals surface area contributed by atoms with Crippen LogP contribution in [0.15, 0.2) is 24.3 Å². The standard InChI is InChI=1S/C13H17NO5S/c1-18-10-13(19-20(15,16)17)9-14-7-6-11-4-2-3-5-12(11)8-14/h2-5,8,13H,6-7,9-10H2,1H3/p+1. The van der Waals surface area contributed by atoms with Gasteiger partial charge >= 0.3 is 10.4 Å². The Kier molecular flexibility index (Phi) is 4.87. The summed E-state index contributed by atoms with van der Waals surface area (Å²) >= 11 is 0. The Morgan fingerprint density at radius 2 is 2.15 bits per heavy atom. The summed E-state index contributed by atoms with van der Waals surface area (Å²) in [7, 11) is -3.02. The number of benzene rings is 1. The average Bonchev–Trinajstić information content (AvgIpc) is 2.37. The van der Waals surface area contributed by atoms with Gasteiger partial charge in [0.2, 0.25) is 0 Å². The predicted octanol–water partition coefficient (Wildman–Crippen LogP) is 0.509. The van der Waals surface area contributed by atoms with Crippen molar-refractivity contribution < 1.29 is 26.5 Å². The van der Waals surface area contributed by atoms with Gasteiger partial charge in [-0.05, 0) is 11.6 Å². The third-order valence-corrected chi connectivity index (χ3v) is 3.61. The molecule has 0 amide bonds. The van der Waals surface area contributed by atoms with Crippen molar-refractivity contribution in [3.63, 3.8) is 0 Å². The van der Waals surface area contributed by atoms with E-state index in [2.05, 4.69) is 10.2 Å². The van der Waals surface area contributed by atoms with Crippen LogP contribution in [0.3, 0.4) is 0 Å². The summed E-state index contributed by atoms with van der Waals surface area (Å²) in [6.07, 6.45) is 2.11. The Balaban J connectivity index is 2.10. The lowest BCUT2D eigenvalue weighted by molar-refractivity contribution is -0.532. The van der Waals surface area contributed by atoms with Crippen LogP contribution < -0.4 is 0 Å². The van der Waals surface area contributed by atoms with Crippen molar-refractivity contribution in [1.29, 1.82) is 0 Å². The maximum Gasteiger partial charge on any atom is 0.397 e. The molecule has 1 N–H and O–H groups in total. The normalized spacial score (nSPS) is 16.4. The number of methoxy groups -OCH3 is 1. The Morgan fingerprint density at radius 1 is 1.40 bits per heavy atom. The second-order valence-electron chi connectivity index (χ2n) is 4.67. The highest BCUT2D eigenvalue weighted by Gasteiger charge is 2.24. The third kappa shape index (κ3) is 4.38. The molecule has 0 fully saturated rings. The molecule has 0 spiro atoms. The Bertz CT molecular complexity index is 597. The van der Waals surface area contributed by atoms with E-state index in [1.807, 2.05) is 29.0 Å². The number of hydrogen-bond acceptors (Lipinski definition) is 4. The molecule has 7 heteroatoms. The smallest absolute Gasteiger partial charge is 0.382 e. The van der Waals surface area contributed by atoms with Crippen molar-refractivity contribution >= 4 is 16.6 Å². The van der Waals surface area contributed by atoms with Crippen LogP contribution in [0.4, 0.5) is 0 Å². The first-order valence-electron chi connectivity index (χ1n) is 6.29. The van der Waals surface area contributed by atoms with Gasteiger partial charge in [0.1, 0.15) is 6.54 Å². The summed E-state index contributed by atoms with van der Waals surface area (Å²) in [5.41, 5.74) is 2.38. The van der Waals surface area contributed by atoms with Crippen LogP contribution >= 0.6 is 0 Å². The molecule has 6 nitrogen and oxygen atoms in total. The molecule has 110 valence electrons. The molecule has 1 aliphatic rings. The fourth-order valence-corrected chi connectivity index (χ4v) is 2.75. The largest absolute Gasteiger partial charge is 0.397 e. The Morgan fingerprint density at radius 3 is 2.85 bits per heavy atom. The fourth-order valence-electron chi connectivity index (χ4n) is 2.29. The van der Waals surface area contributed by atoms with E-state index in [-0.39, 0.29) is 6.61 Å². The molecule has 0 aliphatic carbocycles. The molecule has 0 aromatic heterocycles. The van der Waals surface area contributed by atoms with Crippen LogP contribution in [0.25, 0.3) is 0 Å². The van der Waals surface area contributed by atoms with E-state index in [1.165, 1.54) is 12.7 Å². The number of nitrogens with zero attached hydrogens (tertiary/aromatic N) is 1. The van der Waals surface area contributed by atoms with Crippen LogP contribution in [-0.2, 0) is 25.7 Å². The minimum atomic E-state index is -4.48. The van der Waals surface area contributed by atoms with Crippen LogP contribution in [0.5, 0.6) is 0 Å². The molecule has 0 radical (unpaired) electrons. The van der Waals surface area contributed by atoms with Gasteiger partial charge in [-0.2, -0.15) is 8.42 Å². The number of rotatable bonds is 6. The quantitative estimate of drug-likeness (QED) is 0.612. The van der Waals surface area contributed by atoms with Gasteiger partial charge in [-0.3, -0.25) is 4.55 Å². The van der Waals surface area contributed by atoms with Crippen LogP contribution in [-0.4, -0.2) is 56.7 Å².